The van der Waals surface area contributed by atoms with Gasteiger partial charge in [0.25, 0.3) is 0 Å². The van der Waals surface area contributed by atoms with Crippen molar-refractivity contribution < 1.29 is 13.6 Å². The Bertz CT molecular complexity index is 838. The smallest absolute Gasteiger partial charge is 0.225 e. The normalized spacial score (nSPS) is 11.9. The summed E-state index contributed by atoms with van der Waals surface area (Å²) in [6.07, 6.45) is 2.93. The van der Waals surface area contributed by atoms with Gasteiger partial charge in [0.2, 0.25) is 5.91 Å². The third-order valence-corrected chi connectivity index (χ3v) is 3.72. The van der Waals surface area contributed by atoms with Crippen LogP contribution in [0.2, 0.25) is 0 Å². The van der Waals surface area contributed by atoms with Gasteiger partial charge in [0.1, 0.15) is 11.6 Å². The summed E-state index contributed by atoms with van der Waals surface area (Å²) in [7, 11) is 0. The zero-order valence-electron chi connectivity index (χ0n) is 13.3. The number of amides is 1. The van der Waals surface area contributed by atoms with Crippen LogP contribution in [0, 0.1) is 11.6 Å². The van der Waals surface area contributed by atoms with Gasteiger partial charge in [-0.25, -0.2) is 8.78 Å². The standard InChI is InChI=1S/C18H16F2N4O/c19-15-7-6-14(16(20)11-15)10-18(25)23-17(12-24-21-8-9-22-24)13-4-2-1-3-5-13/h1-9,11,17H,10,12H2,(H,23,25)/t17-/m1/s1. The summed E-state index contributed by atoms with van der Waals surface area (Å²) < 4.78 is 26.7. The first-order valence-electron chi connectivity index (χ1n) is 7.74. The highest BCUT2D eigenvalue weighted by Crippen LogP contribution is 2.16. The Balaban J connectivity index is 1.74. The van der Waals surface area contributed by atoms with Crippen molar-refractivity contribution in [1.82, 2.24) is 20.3 Å². The van der Waals surface area contributed by atoms with E-state index in [4.69, 9.17) is 0 Å². The summed E-state index contributed by atoms with van der Waals surface area (Å²) in [6.45, 7) is 0.342. The molecule has 128 valence electrons. The van der Waals surface area contributed by atoms with Crippen LogP contribution in [0.25, 0.3) is 0 Å². The first-order chi connectivity index (χ1) is 12.1. The number of carbonyl (C=O) groups excluding carboxylic acids is 1. The van der Waals surface area contributed by atoms with E-state index in [9.17, 15) is 13.6 Å². The van der Waals surface area contributed by atoms with Crippen molar-refractivity contribution >= 4 is 5.91 Å². The van der Waals surface area contributed by atoms with Gasteiger partial charge in [0, 0.05) is 6.07 Å². The Labute approximate surface area is 143 Å². The van der Waals surface area contributed by atoms with Crippen LogP contribution >= 0.6 is 0 Å². The predicted molar refractivity (Wildman–Crippen MR) is 87.4 cm³/mol. The fraction of sp³-hybridized carbons (Fsp3) is 0.167. The summed E-state index contributed by atoms with van der Waals surface area (Å²) in [5.74, 6) is -1.78. The van der Waals surface area contributed by atoms with Gasteiger partial charge in [0.15, 0.2) is 0 Å². The fourth-order valence-electron chi connectivity index (χ4n) is 2.50. The largest absolute Gasteiger partial charge is 0.347 e. The Kier molecular flexibility index (Phi) is 5.13. The van der Waals surface area contributed by atoms with Gasteiger partial charge >= 0.3 is 0 Å². The maximum atomic E-state index is 13.7. The van der Waals surface area contributed by atoms with Crippen LogP contribution in [0.1, 0.15) is 17.2 Å². The molecule has 0 aliphatic rings. The van der Waals surface area contributed by atoms with E-state index < -0.39 is 11.6 Å². The van der Waals surface area contributed by atoms with E-state index in [2.05, 4.69) is 15.5 Å². The Morgan fingerprint density at radius 3 is 2.48 bits per heavy atom. The third kappa shape index (κ3) is 4.47. The number of nitrogens with zero attached hydrogens (tertiary/aromatic N) is 3. The summed E-state index contributed by atoms with van der Waals surface area (Å²) in [6, 6.07) is 12.2. The van der Waals surface area contributed by atoms with Gasteiger partial charge in [0.05, 0.1) is 31.4 Å². The van der Waals surface area contributed by atoms with E-state index in [0.29, 0.717) is 6.54 Å². The molecule has 0 bridgehead atoms. The van der Waals surface area contributed by atoms with Crippen molar-refractivity contribution in [1.29, 1.82) is 0 Å². The molecule has 0 unspecified atom stereocenters. The maximum absolute atomic E-state index is 13.7. The maximum Gasteiger partial charge on any atom is 0.225 e. The molecule has 3 aromatic rings. The SMILES string of the molecule is O=C(Cc1ccc(F)cc1F)N[C@H](Cn1nccn1)c1ccccc1. The van der Waals surface area contributed by atoms with Crippen LogP contribution in [0.3, 0.4) is 0 Å². The summed E-state index contributed by atoms with van der Waals surface area (Å²) in [5.41, 5.74) is 1.02. The lowest BCUT2D eigenvalue weighted by Crippen LogP contribution is -2.33. The molecule has 7 heteroatoms. The van der Waals surface area contributed by atoms with Crippen molar-refractivity contribution in [2.75, 3.05) is 0 Å². The highest BCUT2D eigenvalue weighted by molar-refractivity contribution is 5.79. The van der Waals surface area contributed by atoms with Crippen molar-refractivity contribution in [3.63, 3.8) is 0 Å². The summed E-state index contributed by atoms with van der Waals surface area (Å²) in [5, 5.41) is 11.0. The molecule has 1 aromatic heterocycles. The number of halogens is 2. The van der Waals surface area contributed by atoms with Crippen molar-refractivity contribution in [2.24, 2.45) is 0 Å². The topological polar surface area (TPSA) is 59.8 Å². The highest BCUT2D eigenvalue weighted by Gasteiger charge is 2.17. The van der Waals surface area contributed by atoms with Gasteiger partial charge < -0.3 is 5.32 Å². The lowest BCUT2D eigenvalue weighted by molar-refractivity contribution is -0.121. The molecule has 0 saturated heterocycles. The summed E-state index contributed by atoms with van der Waals surface area (Å²) in [4.78, 5) is 13.8. The van der Waals surface area contributed by atoms with Crippen LogP contribution < -0.4 is 5.32 Å². The third-order valence-electron chi connectivity index (χ3n) is 3.72. The number of carbonyl (C=O) groups is 1. The Hall–Kier alpha value is -3.09. The molecular weight excluding hydrogens is 326 g/mol. The summed E-state index contributed by atoms with van der Waals surface area (Å²) >= 11 is 0. The molecule has 25 heavy (non-hydrogen) atoms. The Morgan fingerprint density at radius 1 is 1.08 bits per heavy atom. The van der Waals surface area contributed by atoms with Crippen molar-refractivity contribution in [3.05, 3.63) is 83.7 Å². The molecule has 3 rings (SSSR count). The predicted octanol–water partition coefficient (Wildman–Crippen LogP) is 2.66. The molecule has 2 aromatic carbocycles. The number of nitrogens with one attached hydrogen (secondary N) is 1. The number of hydrogen-bond acceptors (Lipinski definition) is 3. The van der Waals surface area contributed by atoms with Crippen LogP contribution in [0.4, 0.5) is 8.78 Å². The minimum atomic E-state index is -0.736. The molecule has 0 fully saturated rings. The molecule has 1 atom stereocenters. The molecule has 1 amide bonds. The van der Waals surface area contributed by atoms with Gasteiger partial charge in [-0.2, -0.15) is 15.0 Å². The first-order valence-corrected chi connectivity index (χ1v) is 7.74. The molecule has 0 aliphatic heterocycles. The number of aromatic nitrogens is 3. The van der Waals surface area contributed by atoms with Crippen LogP contribution in [0.5, 0.6) is 0 Å². The van der Waals surface area contributed by atoms with Crippen LogP contribution in [-0.2, 0) is 17.8 Å². The minimum Gasteiger partial charge on any atom is -0.347 e. The van der Waals surface area contributed by atoms with Crippen molar-refractivity contribution in [2.45, 2.75) is 19.0 Å². The molecule has 0 spiro atoms. The molecule has 0 saturated carbocycles. The van der Waals surface area contributed by atoms with Gasteiger partial charge in [-0.1, -0.05) is 36.4 Å². The first kappa shape index (κ1) is 16.8. The van der Waals surface area contributed by atoms with E-state index in [1.165, 1.54) is 10.9 Å². The molecule has 1 N–H and O–H groups in total. The second kappa shape index (κ2) is 7.65. The van der Waals surface area contributed by atoms with Crippen LogP contribution in [0.15, 0.2) is 60.9 Å². The van der Waals surface area contributed by atoms with Gasteiger partial charge in [-0.3, -0.25) is 4.79 Å². The van der Waals surface area contributed by atoms with Crippen molar-refractivity contribution in [3.8, 4) is 0 Å². The molecule has 0 aliphatic carbocycles. The zero-order chi connectivity index (χ0) is 17.6. The number of rotatable bonds is 6. The zero-order valence-corrected chi connectivity index (χ0v) is 13.3. The molecule has 1 heterocycles. The van der Waals surface area contributed by atoms with Crippen LogP contribution in [-0.4, -0.2) is 20.9 Å². The second-order valence-corrected chi connectivity index (χ2v) is 5.53. The highest BCUT2D eigenvalue weighted by atomic mass is 19.1. The van der Waals surface area contributed by atoms with Gasteiger partial charge in [-0.15, -0.1) is 0 Å². The second-order valence-electron chi connectivity index (χ2n) is 5.53. The lowest BCUT2D eigenvalue weighted by atomic mass is 10.1. The average molecular weight is 342 g/mol. The lowest BCUT2D eigenvalue weighted by Gasteiger charge is -2.19. The Morgan fingerprint density at radius 2 is 1.80 bits per heavy atom. The van der Waals surface area contributed by atoms with E-state index in [1.807, 2.05) is 30.3 Å². The van der Waals surface area contributed by atoms with E-state index in [0.717, 1.165) is 17.7 Å². The monoisotopic (exact) mass is 342 g/mol. The molecule has 0 radical (unpaired) electrons. The van der Waals surface area contributed by atoms with E-state index in [-0.39, 0.29) is 23.9 Å². The molecule has 5 nitrogen and oxygen atoms in total. The minimum absolute atomic E-state index is 0.142. The number of hydrogen-bond donors (Lipinski definition) is 1. The van der Waals surface area contributed by atoms with E-state index >= 15 is 0 Å². The molecular formula is C18H16F2N4O. The number of benzene rings is 2. The average Bonchev–Trinajstić information content (AvgIpc) is 3.11. The van der Waals surface area contributed by atoms with Gasteiger partial charge in [-0.05, 0) is 17.2 Å². The quantitative estimate of drug-likeness (QED) is 0.749. The fourth-order valence-corrected chi connectivity index (χ4v) is 2.50. The van der Waals surface area contributed by atoms with E-state index in [1.54, 1.807) is 12.4 Å².